The topological polar surface area (TPSA) is 103 Å². The highest BCUT2D eigenvalue weighted by Crippen LogP contribution is 2.37. The van der Waals surface area contributed by atoms with Crippen molar-refractivity contribution in [3.05, 3.63) is 17.8 Å². The lowest BCUT2D eigenvalue weighted by molar-refractivity contribution is 0.0556. The molecule has 21 heavy (non-hydrogen) atoms. The van der Waals surface area contributed by atoms with Crippen LogP contribution in [0.3, 0.4) is 0 Å². The van der Waals surface area contributed by atoms with Crippen LogP contribution in [0.25, 0.3) is 11.6 Å². The molecule has 1 fully saturated rings. The summed E-state index contributed by atoms with van der Waals surface area (Å²) in [5.41, 5.74) is 6.62. The van der Waals surface area contributed by atoms with Gasteiger partial charge in [-0.1, -0.05) is 19.0 Å². The summed E-state index contributed by atoms with van der Waals surface area (Å²) in [5, 5.41) is 4.00. The van der Waals surface area contributed by atoms with Gasteiger partial charge in [0.2, 0.25) is 5.82 Å². The van der Waals surface area contributed by atoms with Crippen molar-refractivity contribution in [1.82, 2.24) is 20.1 Å². The number of ether oxygens (including phenoxy) is 1. The second kappa shape index (κ2) is 5.23. The highest BCUT2D eigenvalue weighted by atomic mass is 16.5. The van der Waals surface area contributed by atoms with E-state index >= 15 is 0 Å². The molecule has 7 nitrogen and oxygen atoms in total. The van der Waals surface area contributed by atoms with Crippen molar-refractivity contribution in [1.29, 1.82) is 0 Å². The number of nitrogens with zero attached hydrogens (tertiary/aromatic N) is 3. The largest absolute Gasteiger partial charge is 0.373 e. The van der Waals surface area contributed by atoms with Crippen molar-refractivity contribution in [3.8, 4) is 11.6 Å². The number of H-pyrrole nitrogens is 1. The molecule has 0 radical (unpaired) electrons. The minimum Gasteiger partial charge on any atom is -0.373 e. The Morgan fingerprint density at radius 1 is 1.43 bits per heavy atom. The van der Waals surface area contributed by atoms with Crippen LogP contribution >= 0.6 is 0 Å². The lowest BCUT2D eigenvalue weighted by Gasteiger charge is -2.35. The maximum Gasteiger partial charge on any atom is 0.276 e. The van der Waals surface area contributed by atoms with Crippen LogP contribution in [0.2, 0.25) is 0 Å². The van der Waals surface area contributed by atoms with Crippen LogP contribution in [-0.2, 0) is 10.3 Å². The summed E-state index contributed by atoms with van der Waals surface area (Å²) >= 11 is 0. The zero-order valence-corrected chi connectivity index (χ0v) is 12.6. The predicted octanol–water partition coefficient (Wildman–Crippen LogP) is 2.14. The van der Waals surface area contributed by atoms with Gasteiger partial charge >= 0.3 is 0 Å². The van der Waals surface area contributed by atoms with Crippen LogP contribution < -0.4 is 5.73 Å². The molecule has 0 saturated heterocycles. The SMILES string of the molecule is COC(c1noc(-c2cnc(C3(N)CCC3)[nH]2)n1)C(C)C. The molecular weight excluding hydrogens is 270 g/mol. The van der Waals surface area contributed by atoms with Crippen molar-refractivity contribution in [2.75, 3.05) is 7.11 Å². The van der Waals surface area contributed by atoms with E-state index < -0.39 is 0 Å². The molecule has 2 heterocycles. The third kappa shape index (κ3) is 2.47. The van der Waals surface area contributed by atoms with Gasteiger partial charge in [-0.25, -0.2) is 4.98 Å². The second-order valence-electron chi connectivity index (χ2n) is 6.01. The fourth-order valence-electron chi connectivity index (χ4n) is 2.61. The fourth-order valence-corrected chi connectivity index (χ4v) is 2.61. The minimum absolute atomic E-state index is 0.183. The van der Waals surface area contributed by atoms with Crippen LogP contribution in [0.5, 0.6) is 0 Å². The van der Waals surface area contributed by atoms with E-state index in [0.29, 0.717) is 17.4 Å². The van der Waals surface area contributed by atoms with E-state index in [1.807, 2.05) is 13.8 Å². The zero-order chi connectivity index (χ0) is 15.0. The molecule has 3 N–H and O–H groups in total. The second-order valence-corrected chi connectivity index (χ2v) is 6.01. The van der Waals surface area contributed by atoms with E-state index in [4.69, 9.17) is 15.0 Å². The summed E-state index contributed by atoms with van der Waals surface area (Å²) in [6.45, 7) is 4.10. The van der Waals surface area contributed by atoms with Crippen molar-refractivity contribution < 1.29 is 9.26 Å². The molecule has 3 rings (SSSR count). The fraction of sp³-hybridized carbons (Fsp3) is 0.643. The minimum atomic E-state index is -0.325. The van der Waals surface area contributed by atoms with Gasteiger partial charge in [-0.15, -0.1) is 0 Å². The molecule has 1 saturated carbocycles. The standard InChI is InChI=1S/C14H21N5O2/c1-8(2)10(20-3)11-18-12(21-19-11)9-7-16-13(17-9)14(15)5-4-6-14/h7-8,10H,4-6,15H2,1-3H3,(H,16,17). The Bertz CT molecular complexity index is 614. The molecule has 0 bridgehead atoms. The molecular formula is C14H21N5O2. The highest BCUT2D eigenvalue weighted by Gasteiger charge is 2.37. The van der Waals surface area contributed by atoms with Gasteiger partial charge in [0, 0.05) is 7.11 Å². The Morgan fingerprint density at radius 2 is 2.19 bits per heavy atom. The molecule has 1 aliphatic carbocycles. The molecule has 2 aromatic rings. The molecule has 1 unspecified atom stereocenters. The van der Waals surface area contributed by atoms with Crippen molar-refractivity contribution in [3.63, 3.8) is 0 Å². The van der Waals surface area contributed by atoms with Crippen molar-refractivity contribution in [2.24, 2.45) is 11.7 Å². The normalized spacial score (nSPS) is 18.7. The Kier molecular flexibility index (Phi) is 3.54. The van der Waals surface area contributed by atoms with Crippen LogP contribution in [0.15, 0.2) is 10.7 Å². The molecule has 0 amide bonds. The summed E-state index contributed by atoms with van der Waals surface area (Å²) in [6.07, 6.45) is 4.55. The average Bonchev–Trinajstić information content (AvgIpc) is 3.04. The monoisotopic (exact) mass is 291 g/mol. The third-order valence-corrected chi connectivity index (χ3v) is 4.08. The van der Waals surface area contributed by atoms with Crippen molar-refractivity contribution >= 4 is 0 Å². The first-order chi connectivity index (χ1) is 10.0. The third-order valence-electron chi connectivity index (χ3n) is 4.08. The van der Waals surface area contributed by atoms with Crippen molar-refractivity contribution in [2.45, 2.75) is 44.8 Å². The first-order valence-corrected chi connectivity index (χ1v) is 7.24. The van der Waals surface area contributed by atoms with Crippen LogP contribution in [0.1, 0.15) is 50.9 Å². The van der Waals surface area contributed by atoms with Crippen LogP contribution in [0.4, 0.5) is 0 Å². The van der Waals surface area contributed by atoms with Gasteiger partial charge in [-0.3, -0.25) is 0 Å². The number of rotatable bonds is 5. The Morgan fingerprint density at radius 3 is 2.76 bits per heavy atom. The van der Waals surface area contributed by atoms with Gasteiger partial charge < -0.3 is 20.0 Å². The molecule has 7 heteroatoms. The Labute approximate surface area is 123 Å². The molecule has 2 aromatic heterocycles. The first-order valence-electron chi connectivity index (χ1n) is 7.24. The summed E-state index contributed by atoms with van der Waals surface area (Å²) in [5.74, 6) is 2.01. The predicted molar refractivity (Wildman–Crippen MR) is 76.2 cm³/mol. The highest BCUT2D eigenvalue weighted by molar-refractivity contribution is 5.45. The van der Waals surface area contributed by atoms with E-state index in [0.717, 1.165) is 25.1 Å². The number of imidazole rings is 1. The lowest BCUT2D eigenvalue weighted by atomic mass is 9.77. The number of aromatic amines is 1. The number of aromatic nitrogens is 4. The lowest BCUT2D eigenvalue weighted by Crippen LogP contribution is -2.44. The smallest absolute Gasteiger partial charge is 0.276 e. The molecule has 0 aromatic carbocycles. The molecule has 1 aliphatic rings. The molecule has 114 valence electrons. The maximum atomic E-state index is 6.25. The van der Waals surface area contributed by atoms with Gasteiger partial charge in [0.15, 0.2) is 0 Å². The summed E-state index contributed by atoms with van der Waals surface area (Å²) in [6, 6.07) is 0. The number of nitrogens with one attached hydrogen (secondary N) is 1. The van der Waals surface area contributed by atoms with Gasteiger partial charge in [-0.05, 0) is 25.2 Å². The Balaban J connectivity index is 1.83. The number of methoxy groups -OCH3 is 1. The number of hydrogen-bond acceptors (Lipinski definition) is 6. The van der Waals surface area contributed by atoms with E-state index in [1.54, 1.807) is 13.3 Å². The van der Waals surface area contributed by atoms with Crippen LogP contribution in [-0.4, -0.2) is 27.2 Å². The molecule has 0 spiro atoms. The van der Waals surface area contributed by atoms with E-state index in [9.17, 15) is 0 Å². The van der Waals surface area contributed by atoms with Gasteiger partial charge in [-0.2, -0.15) is 4.98 Å². The summed E-state index contributed by atoms with van der Waals surface area (Å²) < 4.78 is 10.7. The van der Waals surface area contributed by atoms with Gasteiger partial charge in [0.1, 0.15) is 17.6 Å². The average molecular weight is 291 g/mol. The number of nitrogens with two attached hydrogens (primary N) is 1. The van der Waals surface area contributed by atoms with E-state index in [2.05, 4.69) is 20.1 Å². The van der Waals surface area contributed by atoms with Gasteiger partial charge in [0.25, 0.3) is 5.89 Å². The Hall–Kier alpha value is -1.73. The summed E-state index contributed by atoms with van der Waals surface area (Å²) in [7, 11) is 1.64. The summed E-state index contributed by atoms with van der Waals surface area (Å²) in [4.78, 5) is 12.0. The van der Waals surface area contributed by atoms with E-state index in [1.165, 1.54) is 0 Å². The van der Waals surface area contributed by atoms with Gasteiger partial charge in [0.05, 0.1) is 11.7 Å². The molecule has 1 atom stereocenters. The first kappa shape index (κ1) is 14.2. The molecule has 0 aliphatic heterocycles. The van der Waals surface area contributed by atoms with Crippen LogP contribution in [0, 0.1) is 5.92 Å². The van der Waals surface area contributed by atoms with E-state index in [-0.39, 0.29) is 17.6 Å². The number of hydrogen-bond donors (Lipinski definition) is 2. The zero-order valence-electron chi connectivity index (χ0n) is 12.6. The maximum absolute atomic E-state index is 6.25. The quantitative estimate of drug-likeness (QED) is 0.874.